The minimum absolute atomic E-state index is 0.558. The van der Waals surface area contributed by atoms with Crippen LogP contribution >= 0.6 is 0 Å². The first-order valence-corrected chi connectivity index (χ1v) is 6.75. The van der Waals surface area contributed by atoms with Crippen LogP contribution in [-0.4, -0.2) is 51.7 Å². The van der Waals surface area contributed by atoms with Crippen LogP contribution in [0, 0.1) is 0 Å². The number of likely N-dealkylation sites (N-methyl/N-ethyl adjacent to an activating group) is 1. The van der Waals surface area contributed by atoms with Gasteiger partial charge in [0, 0.05) is 37.0 Å². The van der Waals surface area contributed by atoms with Gasteiger partial charge in [0.2, 0.25) is 0 Å². The molecule has 1 rings (SSSR count). The first-order valence-electron chi connectivity index (χ1n) is 6.75. The van der Waals surface area contributed by atoms with Crippen LogP contribution in [0.15, 0.2) is 36.5 Å². The lowest BCUT2D eigenvalue weighted by molar-refractivity contribution is -0.134. The highest BCUT2D eigenvalue weighted by atomic mass is 16.4. The van der Waals surface area contributed by atoms with Crippen molar-refractivity contribution < 1.29 is 19.8 Å². The van der Waals surface area contributed by atoms with Gasteiger partial charge in [-0.05, 0) is 25.2 Å². The Morgan fingerprint density at radius 1 is 1.14 bits per heavy atom. The Kier molecular flexibility index (Phi) is 10.4. The lowest BCUT2D eigenvalue weighted by Crippen LogP contribution is -2.25. The summed E-state index contributed by atoms with van der Waals surface area (Å²) in [4.78, 5) is 25.8. The van der Waals surface area contributed by atoms with Crippen molar-refractivity contribution in [3.8, 4) is 0 Å². The molecule has 0 bridgehead atoms. The maximum absolute atomic E-state index is 9.55. The number of nitrogens with zero attached hydrogens (tertiary/aromatic N) is 2. The minimum Gasteiger partial charge on any atom is -0.478 e. The summed E-state index contributed by atoms with van der Waals surface area (Å²) in [6.45, 7) is 7.76. The van der Waals surface area contributed by atoms with E-state index in [2.05, 4.69) is 29.8 Å². The number of carboxylic acids is 2. The SMILES string of the molecule is CCN(CC)CCc1ccccn1.O=C(O)/C=C/C(=O)O. The fourth-order valence-electron chi connectivity index (χ4n) is 1.50. The zero-order chi connectivity index (χ0) is 16.1. The smallest absolute Gasteiger partial charge is 0.328 e. The quantitative estimate of drug-likeness (QED) is 0.743. The first kappa shape index (κ1) is 18.8. The van der Waals surface area contributed by atoms with Crippen LogP contribution in [-0.2, 0) is 16.0 Å². The Morgan fingerprint density at radius 2 is 1.71 bits per heavy atom. The molecule has 6 nitrogen and oxygen atoms in total. The summed E-state index contributed by atoms with van der Waals surface area (Å²) in [6.07, 6.45) is 4.03. The number of rotatable bonds is 7. The van der Waals surface area contributed by atoms with Crippen LogP contribution in [0.1, 0.15) is 19.5 Å². The molecular weight excluding hydrogens is 272 g/mol. The second kappa shape index (κ2) is 11.6. The lowest BCUT2D eigenvalue weighted by atomic mass is 10.2. The van der Waals surface area contributed by atoms with Gasteiger partial charge in [0.1, 0.15) is 0 Å². The average Bonchev–Trinajstić information content (AvgIpc) is 2.48. The zero-order valence-corrected chi connectivity index (χ0v) is 12.4. The molecule has 0 amide bonds. The summed E-state index contributed by atoms with van der Waals surface area (Å²) in [5, 5.41) is 15.6. The van der Waals surface area contributed by atoms with E-state index in [0.29, 0.717) is 12.2 Å². The van der Waals surface area contributed by atoms with Gasteiger partial charge in [-0.3, -0.25) is 4.98 Å². The van der Waals surface area contributed by atoms with Gasteiger partial charge >= 0.3 is 11.9 Å². The van der Waals surface area contributed by atoms with E-state index in [1.54, 1.807) is 0 Å². The third kappa shape index (κ3) is 11.3. The molecule has 0 aromatic carbocycles. The summed E-state index contributed by atoms with van der Waals surface area (Å²) in [6, 6.07) is 6.09. The van der Waals surface area contributed by atoms with E-state index >= 15 is 0 Å². The number of carbonyl (C=O) groups is 2. The molecule has 1 heterocycles. The number of hydrogen-bond donors (Lipinski definition) is 2. The van der Waals surface area contributed by atoms with Crippen LogP contribution < -0.4 is 0 Å². The molecule has 0 radical (unpaired) electrons. The van der Waals surface area contributed by atoms with Crippen molar-refractivity contribution in [3.63, 3.8) is 0 Å². The minimum atomic E-state index is -1.26. The highest BCUT2D eigenvalue weighted by molar-refractivity contribution is 5.89. The Balaban J connectivity index is 0.000000433. The molecule has 0 aliphatic rings. The summed E-state index contributed by atoms with van der Waals surface area (Å²) in [7, 11) is 0. The van der Waals surface area contributed by atoms with E-state index in [0.717, 1.165) is 26.1 Å². The molecule has 21 heavy (non-hydrogen) atoms. The molecule has 116 valence electrons. The fraction of sp³-hybridized carbons (Fsp3) is 0.400. The second-order valence-corrected chi connectivity index (χ2v) is 4.11. The topological polar surface area (TPSA) is 90.7 Å². The van der Waals surface area contributed by atoms with Crippen molar-refractivity contribution in [2.24, 2.45) is 0 Å². The van der Waals surface area contributed by atoms with Gasteiger partial charge in [-0.15, -0.1) is 0 Å². The molecule has 0 spiro atoms. The standard InChI is InChI=1S/C11H18N2.C4H4O4/c1-3-13(4-2)10-8-11-7-5-6-9-12-11;5-3(6)1-2-4(7)8/h5-7,9H,3-4,8,10H2,1-2H3;1-2H,(H,5,6)(H,7,8)/b;2-1+. The lowest BCUT2D eigenvalue weighted by Gasteiger charge is -2.17. The van der Waals surface area contributed by atoms with E-state index in [-0.39, 0.29) is 0 Å². The van der Waals surface area contributed by atoms with Crippen molar-refractivity contribution in [1.82, 2.24) is 9.88 Å². The third-order valence-electron chi connectivity index (χ3n) is 2.67. The molecule has 0 aliphatic carbocycles. The molecule has 0 saturated heterocycles. The largest absolute Gasteiger partial charge is 0.478 e. The molecule has 0 saturated carbocycles. The summed E-state index contributed by atoms with van der Waals surface area (Å²) < 4.78 is 0. The van der Waals surface area contributed by atoms with Crippen LogP contribution in [0.5, 0.6) is 0 Å². The van der Waals surface area contributed by atoms with Gasteiger partial charge < -0.3 is 15.1 Å². The van der Waals surface area contributed by atoms with Crippen molar-refractivity contribution in [1.29, 1.82) is 0 Å². The van der Waals surface area contributed by atoms with Crippen molar-refractivity contribution in [2.45, 2.75) is 20.3 Å². The molecule has 0 unspecified atom stereocenters. The van der Waals surface area contributed by atoms with Gasteiger partial charge in [0.05, 0.1) is 0 Å². The summed E-state index contributed by atoms with van der Waals surface area (Å²) in [5.41, 5.74) is 1.19. The second-order valence-electron chi connectivity index (χ2n) is 4.11. The average molecular weight is 294 g/mol. The molecule has 0 fully saturated rings. The maximum atomic E-state index is 9.55. The molecule has 6 heteroatoms. The Bertz CT molecular complexity index is 426. The van der Waals surface area contributed by atoms with Crippen molar-refractivity contribution in [3.05, 3.63) is 42.2 Å². The summed E-state index contributed by atoms with van der Waals surface area (Å²) in [5.74, 6) is -2.51. The highest BCUT2D eigenvalue weighted by Crippen LogP contribution is 1.97. The van der Waals surface area contributed by atoms with Crippen LogP contribution in [0.3, 0.4) is 0 Å². The van der Waals surface area contributed by atoms with E-state index in [4.69, 9.17) is 10.2 Å². The van der Waals surface area contributed by atoms with E-state index in [1.165, 1.54) is 5.69 Å². The van der Waals surface area contributed by atoms with E-state index < -0.39 is 11.9 Å². The van der Waals surface area contributed by atoms with Gasteiger partial charge in [0.15, 0.2) is 0 Å². The Morgan fingerprint density at radius 3 is 2.10 bits per heavy atom. The predicted octanol–water partition coefficient (Wildman–Crippen LogP) is 1.68. The Labute approximate surface area is 124 Å². The Hall–Kier alpha value is -2.21. The highest BCUT2D eigenvalue weighted by Gasteiger charge is 1.99. The molecular formula is C15H22N2O4. The fourth-order valence-corrected chi connectivity index (χ4v) is 1.50. The first-order chi connectivity index (χ1) is 9.99. The predicted molar refractivity (Wildman–Crippen MR) is 80.1 cm³/mol. The summed E-state index contributed by atoms with van der Waals surface area (Å²) >= 11 is 0. The van der Waals surface area contributed by atoms with E-state index in [9.17, 15) is 9.59 Å². The monoisotopic (exact) mass is 294 g/mol. The molecule has 0 aliphatic heterocycles. The van der Waals surface area contributed by atoms with Crippen molar-refractivity contribution in [2.75, 3.05) is 19.6 Å². The maximum Gasteiger partial charge on any atom is 0.328 e. The van der Waals surface area contributed by atoms with Gasteiger partial charge in [-0.1, -0.05) is 19.9 Å². The van der Waals surface area contributed by atoms with Crippen LogP contribution in [0.25, 0.3) is 0 Å². The number of pyridine rings is 1. The van der Waals surface area contributed by atoms with Gasteiger partial charge in [0.25, 0.3) is 0 Å². The molecule has 2 N–H and O–H groups in total. The van der Waals surface area contributed by atoms with E-state index in [1.807, 2.05) is 18.3 Å². The molecule has 0 atom stereocenters. The van der Waals surface area contributed by atoms with Gasteiger partial charge in [-0.2, -0.15) is 0 Å². The number of hydrogen-bond acceptors (Lipinski definition) is 4. The number of aromatic nitrogens is 1. The van der Waals surface area contributed by atoms with Gasteiger partial charge in [-0.25, -0.2) is 9.59 Å². The molecule has 1 aromatic heterocycles. The molecule has 1 aromatic rings. The van der Waals surface area contributed by atoms with Crippen LogP contribution in [0.2, 0.25) is 0 Å². The zero-order valence-electron chi connectivity index (χ0n) is 12.4. The number of carboxylic acid groups (broad SMARTS) is 2. The van der Waals surface area contributed by atoms with Crippen LogP contribution in [0.4, 0.5) is 0 Å². The number of aliphatic carboxylic acids is 2. The normalized spacial score (nSPS) is 10.2. The third-order valence-corrected chi connectivity index (χ3v) is 2.67. The van der Waals surface area contributed by atoms with Crippen molar-refractivity contribution >= 4 is 11.9 Å².